The summed E-state index contributed by atoms with van der Waals surface area (Å²) in [6.45, 7) is 2.22. The van der Waals surface area contributed by atoms with E-state index in [0.717, 1.165) is 0 Å². The van der Waals surface area contributed by atoms with Crippen molar-refractivity contribution in [3.8, 4) is 11.1 Å². The van der Waals surface area contributed by atoms with Crippen LogP contribution < -0.4 is 0 Å². The lowest BCUT2D eigenvalue weighted by atomic mass is 9.99. The van der Waals surface area contributed by atoms with Crippen molar-refractivity contribution in [2.24, 2.45) is 0 Å². The third-order valence-corrected chi connectivity index (χ3v) is 3.65. The van der Waals surface area contributed by atoms with Crippen LogP contribution in [0, 0.1) is 23.3 Å². The Bertz CT molecular complexity index is 655. The Morgan fingerprint density at radius 1 is 0.792 bits per heavy atom. The molecule has 0 fully saturated rings. The Morgan fingerprint density at radius 2 is 1.33 bits per heavy atom. The second kappa shape index (κ2) is 8.26. The van der Waals surface area contributed by atoms with Crippen molar-refractivity contribution in [2.75, 3.05) is 20.3 Å². The molecule has 2 aromatic carbocycles. The zero-order valence-electron chi connectivity index (χ0n) is 13.5. The van der Waals surface area contributed by atoms with E-state index in [1.54, 1.807) is 6.92 Å². The van der Waals surface area contributed by atoms with Gasteiger partial charge in [-0.2, -0.15) is 0 Å². The summed E-state index contributed by atoms with van der Waals surface area (Å²) < 4.78 is 66.5. The summed E-state index contributed by atoms with van der Waals surface area (Å²) in [5, 5.41) is 0. The molecular weight excluding hydrogens is 324 g/mol. The second-order valence-electron chi connectivity index (χ2n) is 5.18. The molecule has 0 aliphatic heterocycles. The zero-order chi connectivity index (χ0) is 17.7. The van der Waals surface area contributed by atoms with Crippen molar-refractivity contribution < 1.29 is 27.0 Å². The van der Waals surface area contributed by atoms with E-state index in [9.17, 15) is 17.6 Å². The van der Waals surface area contributed by atoms with Crippen LogP contribution in [0.2, 0.25) is 0 Å². The summed E-state index contributed by atoms with van der Waals surface area (Å²) in [6, 6.07) is 5.11. The topological polar surface area (TPSA) is 18.5 Å². The predicted molar refractivity (Wildman–Crippen MR) is 82.6 cm³/mol. The molecule has 0 atom stereocenters. The molecule has 6 heteroatoms. The highest BCUT2D eigenvalue weighted by molar-refractivity contribution is 5.66. The van der Waals surface area contributed by atoms with Crippen LogP contribution in [0.15, 0.2) is 24.3 Å². The molecule has 0 bridgehead atoms. The third kappa shape index (κ3) is 3.76. The maximum absolute atomic E-state index is 14.3. The Balaban J connectivity index is 2.41. The number of hydrogen-bond acceptors (Lipinski definition) is 2. The molecule has 0 aliphatic carbocycles. The normalized spacial score (nSPS) is 11.1. The molecule has 0 N–H and O–H groups in total. The van der Waals surface area contributed by atoms with Crippen molar-refractivity contribution in [1.29, 1.82) is 0 Å². The van der Waals surface area contributed by atoms with Gasteiger partial charge in [0.2, 0.25) is 0 Å². The van der Waals surface area contributed by atoms with Crippen LogP contribution in [-0.2, 0) is 22.5 Å². The van der Waals surface area contributed by atoms with Crippen molar-refractivity contribution in [3.05, 3.63) is 58.7 Å². The first-order valence-corrected chi connectivity index (χ1v) is 7.52. The van der Waals surface area contributed by atoms with Crippen LogP contribution in [0.5, 0.6) is 0 Å². The number of halogens is 4. The van der Waals surface area contributed by atoms with E-state index in [4.69, 9.17) is 9.47 Å². The standard InChI is InChI=1S/C18H18F4O2/c1-3-24-10-12-5-7-14(18(22)16(12)20)13-6-4-11(8-9-23-2)15(19)17(13)21/h4-7H,3,8-10H2,1-2H3. The number of methoxy groups -OCH3 is 1. The van der Waals surface area contributed by atoms with E-state index >= 15 is 0 Å². The van der Waals surface area contributed by atoms with Gasteiger partial charge in [-0.15, -0.1) is 0 Å². The Kier molecular flexibility index (Phi) is 6.34. The summed E-state index contributed by atoms with van der Waals surface area (Å²) in [4.78, 5) is 0. The van der Waals surface area contributed by atoms with E-state index in [0.29, 0.717) is 6.61 Å². The van der Waals surface area contributed by atoms with Crippen molar-refractivity contribution in [1.82, 2.24) is 0 Å². The minimum Gasteiger partial charge on any atom is -0.384 e. The van der Waals surface area contributed by atoms with Gasteiger partial charge in [0.1, 0.15) is 0 Å². The second-order valence-corrected chi connectivity index (χ2v) is 5.18. The van der Waals surface area contributed by atoms with Crippen LogP contribution in [0.25, 0.3) is 11.1 Å². The molecule has 0 aromatic heterocycles. The number of hydrogen-bond donors (Lipinski definition) is 0. The van der Waals surface area contributed by atoms with Gasteiger partial charge in [0.15, 0.2) is 23.3 Å². The van der Waals surface area contributed by atoms with Crippen LogP contribution in [0.4, 0.5) is 17.6 Å². The average Bonchev–Trinajstić information content (AvgIpc) is 2.58. The number of ether oxygens (including phenoxy) is 2. The third-order valence-electron chi connectivity index (χ3n) is 3.65. The van der Waals surface area contributed by atoms with Gasteiger partial charge in [0.05, 0.1) is 13.2 Å². The Hall–Kier alpha value is -1.92. The molecule has 2 aromatic rings. The first-order valence-electron chi connectivity index (χ1n) is 7.52. The lowest BCUT2D eigenvalue weighted by Gasteiger charge is -2.11. The molecular formula is C18H18F4O2. The molecule has 0 saturated carbocycles. The molecule has 0 heterocycles. The molecule has 2 nitrogen and oxygen atoms in total. The molecule has 24 heavy (non-hydrogen) atoms. The predicted octanol–water partition coefficient (Wildman–Crippen LogP) is 4.64. The Labute approximate surface area is 138 Å². The van der Waals surface area contributed by atoms with Crippen molar-refractivity contribution in [3.63, 3.8) is 0 Å². The molecule has 0 unspecified atom stereocenters. The molecule has 0 saturated heterocycles. The van der Waals surface area contributed by atoms with E-state index in [2.05, 4.69) is 0 Å². The quantitative estimate of drug-likeness (QED) is 0.683. The first-order chi connectivity index (χ1) is 11.5. The number of benzene rings is 2. The lowest BCUT2D eigenvalue weighted by Crippen LogP contribution is -2.04. The summed E-state index contributed by atoms with van der Waals surface area (Å²) in [5.74, 6) is -4.64. The van der Waals surface area contributed by atoms with E-state index in [1.165, 1.54) is 31.4 Å². The molecule has 0 aliphatic rings. The highest BCUT2D eigenvalue weighted by atomic mass is 19.2. The van der Waals surface area contributed by atoms with Gasteiger partial charge in [-0.1, -0.05) is 24.3 Å². The lowest BCUT2D eigenvalue weighted by molar-refractivity contribution is 0.131. The van der Waals surface area contributed by atoms with Gasteiger partial charge in [0.25, 0.3) is 0 Å². The van der Waals surface area contributed by atoms with Gasteiger partial charge in [-0.3, -0.25) is 0 Å². The fourth-order valence-electron chi connectivity index (χ4n) is 2.32. The Morgan fingerprint density at radius 3 is 1.88 bits per heavy atom. The van der Waals surface area contributed by atoms with E-state index < -0.39 is 23.3 Å². The van der Waals surface area contributed by atoms with E-state index in [1.807, 2.05) is 0 Å². The van der Waals surface area contributed by atoms with Crippen molar-refractivity contribution >= 4 is 0 Å². The largest absolute Gasteiger partial charge is 0.384 e. The van der Waals surface area contributed by atoms with Crippen molar-refractivity contribution in [2.45, 2.75) is 20.0 Å². The maximum Gasteiger partial charge on any atom is 0.167 e. The van der Waals surface area contributed by atoms with Crippen LogP contribution in [0.3, 0.4) is 0 Å². The zero-order valence-corrected chi connectivity index (χ0v) is 13.5. The minimum absolute atomic E-state index is 0.0238. The fraction of sp³-hybridized carbons (Fsp3) is 0.333. The SMILES string of the molecule is CCOCc1ccc(-c2ccc(CCOC)c(F)c2F)c(F)c1F. The summed E-state index contributed by atoms with van der Waals surface area (Å²) in [7, 11) is 1.45. The molecule has 2 rings (SSSR count). The highest BCUT2D eigenvalue weighted by Gasteiger charge is 2.20. The van der Waals surface area contributed by atoms with Gasteiger partial charge >= 0.3 is 0 Å². The monoisotopic (exact) mass is 342 g/mol. The minimum atomic E-state index is -1.23. The fourth-order valence-corrected chi connectivity index (χ4v) is 2.32. The number of rotatable bonds is 7. The van der Waals surface area contributed by atoms with Gasteiger partial charge < -0.3 is 9.47 Å². The molecule has 130 valence electrons. The van der Waals surface area contributed by atoms with Gasteiger partial charge in [-0.05, 0) is 18.9 Å². The van der Waals surface area contributed by atoms with Gasteiger partial charge in [-0.25, -0.2) is 17.6 Å². The summed E-state index contributed by atoms with van der Waals surface area (Å²) in [5.41, 5.74) is -0.516. The average molecular weight is 342 g/mol. The summed E-state index contributed by atoms with van der Waals surface area (Å²) in [6.07, 6.45) is 0.184. The summed E-state index contributed by atoms with van der Waals surface area (Å²) >= 11 is 0. The molecule has 0 spiro atoms. The van der Waals surface area contributed by atoms with Crippen LogP contribution in [-0.4, -0.2) is 20.3 Å². The maximum atomic E-state index is 14.3. The first kappa shape index (κ1) is 18.4. The van der Waals surface area contributed by atoms with Gasteiger partial charge in [0, 0.05) is 30.4 Å². The van der Waals surface area contributed by atoms with Crippen LogP contribution in [0.1, 0.15) is 18.1 Å². The molecule has 0 amide bonds. The van der Waals surface area contributed by atoms with E-state index in [-0.39, 0.29) is 41.9 Å². The highest BCUT2D eigenvalue weighted by Crippen LogP contribution is 2.31. The molecule has 0 radical (unpaired) electrons. The smallest absolute Gasteiger partial charge is 0.167 e. The van der Waals surface area contributed by atoms with Crippen LogP contribution >= 0.6 is 0 Å².